The molecule has 8 heteroatoms. The summed E-state index contributed by atoms with van der Waals surface area (Å²) in [7, 11) is 0. The zero-order chi connectivity index (χ0) is 17.0. The van der Waals surface area contributed by atoms with Crippen molar-refractivity contribution in [3.63, 3.8) is 0 Å². The van der Waals surface area contributed by atoms with Crippen molar-refractivity contribution in [3.8, 4) is 10.7 Å². The lowest BCUT2D eigenvalue weighted by molar-refractivity contribution is -0.149. The Kier molecular flexibility index (Phi) is 4.94. The Labute approximate surface area is 143 Å². The van der Waals surface area contributed by atoms with Crippen LogP contribution in [0.2, 0.25) is 0 Å². The number of hydrogen-bond acceptors (Lipinski definition) is 6. The van der Waals surface area contributed by atoms with Crippen LogP contribution in [-0.2, 0) is 16.0 Å². The Morgan fingerprint density at radius 1 is 1.33 bits per heavy atom. The number of amides is 1. The summed E-state index contributed by atoms with van der Waals surface area (Å²) in [4.78, 5) is 28.9. The van der Waals surface area contributed by atoms with Crippen LogP contribution in [0.1, 0.15) is 44.4 Å². The second-order valence-corrected chi connectivity index (χ2v) is 6.93. The summed E-state index contributed by atoms with van der Waals surface area (Å²) < 4.78 is 5.15. The monoisotopic (exact) mass is 349 g/mol. The van der Waals surface area contributed by atoms with E-state index in [1.165, 1.54) is 11.3 Å². The molecule has 1 fully saturated rings. The quantitative estimate of drug-likeness (QED) is 0.830. The maximum absolute atomic E-state index is 12.2. The van der Waals surface area contributed by atoms with Gasteiger partial charge in [0, 0.05) is 12.8 Å². The van der Waals surface area contributed by atoms with Gasteiger partial charge in [-0.1, -0.05) is 30.5 Å². The van der Waals surface area contributed by atoms with E-state index in [9.17, 15) is 14.7 Å². The van der Waals surface area contributed by atoms with Crippen LogP contribution in [0.4, 0.5) is 0 Å². The molecule has 0 unspecified atom stereocenters. The minimum absolute atomic E-state index is 0.126. The molecule has 1 aliphatic rings. The molecule has 1 amide bonds. The van der Waals surface area contributed by atoms with Crippen molar-refractivity contribution < 1.29 is 19.2 Å². The second kappa shape index (κ2) is 7.12. The molecule has 0 aromatic carbocycles. The number of hydrogen-bond donors (Lipinski definition) is 2. The van der Waals surface area contributed by atoms with Gasteiger partial charge in [0.2, 0.25) is 17.6 Å². The van der Waals surface area contributed by atoms with E-state index in [4.69, 9.17) is 4.52 Å². The van der Waals surface area contributed by atoms with Gasteiger partial charge in [0.05, 0.1) is 4.88 Å². The van der Waals surface area contributed by atoms with E-state index < -0.39 is 11.5 Å². The summed E-state index contributed by atoms with van der Waals surface area (Å²) in [5.74, 6) is -0.361. The molecular weight excluding hydrogens is 330 g/mol. The molecule has 1 aliphatic carbocycles. The van der Waals surface area contributed by atoms with E-state index >= 15 is 0 Å². The van der Waals surface area contributed by atoms with Crippen molar-refractivity contribution in [1.29, 1.82) is 0 Å². The van der Waals surface area contributed by atoms with Gasteiger partial charge in [-0.3, -0.25) is 4.79 Å². The Morgan fingerprint density at radius 3 is 2.79 bits per heavy atom. The van der Waals surface area contributed by atoms with Crippen molar-refractivity contribution in [2.75, 3.05) is 0 Å². The zero-order valence-corrected chi connectivity index (χ0v) is 14.0. The molecule has 24 heavy (non-hydrogen) atoms. The van der Waals surface area contributed by atoms with Crippen molar-refractivity contribution >= 4 is 23.2 Å². The molecule has 7 nitrogen and oxygen atoms in total. The van der Waals surface area contributed by atoms with Gasteiger partial charge in [-0.15, -0.1) is 11.3 Å². The number of nitrogens with one attached hydrogen (secondary N) is 1. The number of carbonyl (C=O) groups is 2. The average Bonchev–Trinajstić information content (AvgIpc) is 3.25. The first kappa shape index (κ1) is 16.6. The third kappa shape index (κ3) is 3.64. The number of aromatic nitrogens is 2. The fourth-order valence-corrected chi connectivity index (χ4v) is 3.61. The first-order chi connectivity index (χ1) is 11.6. The maximum atomic E-state index is 12.2. The molecule has 0 spiro atoms. The van der Waals surface area contributed by atoms with Crippen LogP contribution in [0, 0.1) is 0 Å². The van der Waals surface area contributed by atoms with Gasteiger partial charge in [0.25, 0.3) is 0 Å². The van der Waals surface area contributed by atoms with E-state index in [0.717, 1.165) is 24.1 Å². The molecule has 0 atom stereocenters. The third-order valence-electron chi connectivity index (χ3n) is 4.27. The minimum Gasteiger partial charge on any atom is -0.480 e. The van der Waals surface area contributed by atoms with Crippen LogP contribution in [-0.4, -0.2) is 32.7 Å². The number of aryl methyl sites for hydroxylation is 1. The smallest absolute Gasteiger partial charge is 0.329 e. The minimum atomic E-state index is -1.12. The number of carboxylic acid groups (broad SMARTS) is 1. The van der Waals surface area contributed by atoms with E-state index in [1.54, 1.807) is 0 Å². The highest BCUT2D eigenvalue weighted by Crippen LogP contribution is 2.28. The number of nitrogens with zero attached hydrogens (tertiary/aromatic N) is 2. The SMILES string of the molecule is O=C(CCc1nc(-c2cccs2)no1)NC1(C(=O)O)CCCCC1. The number of rotatable bonds is 6. The van der Waals surface area contributed by atoms with Gasteiger partial charge < -0.3 is 14.9 Å². The van der Waals surface area contributed by atoms with Gasteiger partial charge in [0.1, 0.15) is 5.54 Å². The van der Waals surface area contributed by atoms with Gasteiger partial charge in [0.15, 0.2) is 0 Å². The molecular formula is C16H19N3O4S. The molecule has 128 valence electrons. The summed E-state index contributed by atoms with van der Waals surface area (Å²) in [5.41, 5.74) is -1.12. The lowest BCUT2D eigenvalue weighted by Gasteiger charge is -2.33. The van der Waals surface area contributed by atoms with Crippen molar-refractivity contribution in [1.82, 2.24) is 15.5 Å². The highest BCUT2D eigenvalue weighted by molar-refractivity contribution is 7.13. The zero-order valence-electron chi connectivity index (χ0n) is 13.2. The van der Waals surface area contributed by atoms with Crippen LogP contribution >= 0.6 is 11.3 Å². The van der Waals surface area contributed by atoms with E-state index in [2.05, 4.69) is 15.5 Å². The van der Waals surface area contributed by atoms with Crippen LogP contribution in [0.25, 0.3) is 10.7 Å². The van der Waals surface area contributed by atoms with Crippen molar-refractivity contribution in [2.24, 2.45) is 0 Å². The Morgan fingerprint density at radius 2 is 2.12 bits per heavy atom. The third-order valence-corrected chi connectivity index (χ3v) is 5.14. The normalized spacial score (nSPS) is 16.7. The molecule has 3 rings (SSSR count). The first-order valence-corrected chi connectivity index (χ1v) is 8.88. The second-order valence-electron chi connectivity index (χ2n) is 5.99. The lowest BCUT2D eigenvalue weighted by Crippen LogP contribution is -2.55. The predicted molar refractivity (Wildman–Crippen MR) is 87.5 cm³/mol. The van der Waals surface area contributed by atoms with E-state index in [1.807, 2.05) is 17.5 Å². The molecule has 0 bridgehead atoms. The largest absolute Gasteiger partial charge is 0.480 e. The highest BCUT2D eigenvalue weighted by atomic mass is 32.1. The highest BCUT2D eigenvalue weighted by Gasteiger charge is 2.40. The lowest BCUT2D eigenvalue weighted by atomic mass is 9.81. The molecule has 0 radical (unpaired) electrons. The van der Waals surface area contributed by atoms with Crippen LogP contribution in [0.5, 0.6) is 0 Å². The average molecular weight is 349 g/mol. The summed E-state index contributed by atoms with van der Waals surface area (Å²) in [5, 5.41) is 18.0. The van der Waals surface area contributed by atoms with Gasteiger partial charge in [-0.25, -0.2) is 4.79 Å². The van der Waals surface area contributed by atoms with Crippen molar-refractivity contribution in [2.45, 2.75) is 50.5 Å². The van der Waals surface area contributed by atoms with Gasteiger partial charge in [-0.05, 0) is 24.3 Å². The Balaban J connectivity index is 1.56. The summed E-state index contributed by atoms with van der Waals surface area (Å²) in [6.45, 7) is 0. The summed E-state index contributed by atoms with van der Waals surface area (Å²) in [6, 6.07) is 3.80. The number of thiophene rings is 1. The molecule has 2 N–H and O–H groups in total. The van der Waals surface area contributed by atoms with Crippen molar-refractivity contribution in [3.05, 3.63) is 23.4 Å². The van der Waals surface area contributed by atoms with Gasteiger partial charge in [-0.2, -0.15) is 4.98 Å². The Hall–Kier alpha value is -2.22. The molecule has 1 saturated carbocycles. The molecule has 0 aliphatic heterocycles. The number of aliphatic carboxylic acids is 1. The van der Waals surface area contributed by atoms with Crippen LogP contribution < -0.4 is 5.32 Å². The Bertz CT molecular complexity index is 705. The fourth-order valence-electron chi connectivity index (χ4n) is 2.96. The van der Waals surface area contributed by atoms with E-state index in [0.29, 0.717) is 31.0 Å². The van der Waals surface area contributed by atoms with Crippen LogP contribution in [0.3, 0.4) is 0 Å². The van der Waals surface area contributed by atoms with Gasteiger partial charge >= 0.3 is 5.97 Å². The molecule has 0 saturated heterocycles. The molecule has 2 heterocycles. The fraction of sp³-hybridized carbons (Fsp3) is 0.500. The molecule has 2 aromatic heterocycles. The predicted octanol–water partition coefficient (Wildman–Crippen LogP) is 2.63. The topological polar surface area (TPSA) is 105 Å². The maximum Gasteiger partial charge on any atom is 0.329 e. The summed E-state index contributed by atoms with van der Waals surface area (Å²) in [6.07, 6.45) is 4.04. The first-order valence-electron chi connectivity index (χ1n) is 8.00. The van der Waals surface area contributed by atoms with E-state index in [-0.39, 0.29) is 12.3 Å². The number of carboxylic acids is 1. The summed E-state index contributed by atoms with van der Waals surface area (Å²) >= 11 is 1.51. The molecule has 2 aromatic rings. The number of carbonyl (C=O) groups excluding carboxylic acids is 1. The standard InChI is InChI=1S/C16H19N3O4S/c20-12(18-16(15(21)22)8-2-1-3-9-16)6-7-13-17-14(19-23-13)11-5-4-10-24-11/h4-5,10H,1-3,6-9H2,(H,18,20)(H,21,22). The van der Waals surface area contributed by atoms with Crippen LogP contribution in [0.15, 0.2) is 22.0 Å².